The smallest absolute Gasteiger partial charge is 0.0588 e. The Morgan fingerprint density at radius 2 is 2.29 bits per heavy atom. The zero-order chi connectivity index (χ0) is 10.6. The van der Waals surface area contributed by atoms with Gasteiger partial charge in [0.15, 0.2) is 0 Å². The largest absolute Gasteiger partial charge is 0.378 e. The standard InChI is InChI=1S/C11H24N2O/c1-4-11(3,12)8-13-7-10-5-6-14-9(10)2/h9-10,13H,4-8,12H2,1-3H3. The molecule has 0 spiro atoms. The van der Waals surface area contributed by atoms with Crippen LogP contribution in [0.1, 0.15) is 33.6 Å². The van der Waals surface area contributed by atoms with Gasteiger partial charge < -0.3 is 15.8 Å². The van der Waals surface area contributed by atoms with Crippen molar-refractivity contribution in [1.29, 1.82) is 0 Å². The molecule has 3 unspecified atom stereocenters. The van der Waals surface area contributed by atoms with Gasteiger partial charge in [-0.3, -0.25) is 0 Å². The third-order valence-corrected chi connectivity index (χ3v) is 3.28. The Morgan fingerprint density at radius 1 is 1.57 bits per heavy atom. The van der Waals surface area contributed by atoms with Gasteiger partial charge in [0, 0.05) is 25.2 Å². The van der Waals surface area contributed by atoms with Crippen LogP contribution in [0.25, 0.3) is 0 Å². The summed E-state index contributed by atoms with van der Waals surface area (Å²) in [5.74, 6) is 0.669. The van der Waals surface area contributed by atoms with Crippen molar-refractivity contribution in [2.75, 3.05) is 19.7 Å². The van der Waals surface area contributed by atoms with Gasteiger partial charge >= 0.3 is 0 Å². The Balaban J connectivity index is 2.15. The lowest BCUT2D eigenvalue weighted by Crippen LogP contribution is -2.46. The summed E-state index contributed by atoms with van der Waals surface area (Å²) in [5.41, 5.74) is 5.97. The molecule has 1 saturated heterocycles. The van der Waals surface area contributed by atoms with Crippen molar-refractivity contribution in [1.82, 2.24) is 5.32 Å². The van der Waals surface area contributed by atoms with Gasteiger partial charge in [-0.15, -0.1) is 0 Å². The predicted octanol–water partition coefficient (Wildman–Crippen LogP) is 1.13. The topological polar surface area (TPSA) is 47.3 Å². The average Bonchev–Trinajstić information content (AvgIpc) is 2.52. The zero-order valence-electron chi connectivity index (χ0n) is 9.68. The van der Waals surface area contributed by atoms with Crippen LogP contribution in [0.5, 0.6) is 0 Å². The van der Waals surface area contributed by atoms with Crippen LogP contribution in [0, 0.1) is 5.92 Å². The van der Waals surface area contributed by atoms with Crippen LogP contribution in [0.4, 0.5) is 0 Å². The molecule has 1 aliphatic heterocycles. The number of nitrogens with one attached hydrogen (secondary N) is 1. The molecule has 0 radical (unpaired) electrons. The first kappa shape index (κ1) is 12.0. The van der Waals surface area contributed by atoms with E-state index in [2.05, 4.69) is 26.1 Å². The van der Waals surface area contributed by atoms with E-state index < -0.39 is 0 Å². The summed E-state index contributed by atoms with van der Waals surface area (Å²) in [7, 11) is 0. The zero-order valence-corrected chi connectivity index (χ0v) is 9.68. The van der Waals surface area contributed by atoms with Crippen LogP contribution in [-0.2, 0) is 4.74 Å². The summed E-state index contributed by atoms with van der Waals surface area (Å²) in [4.78, 5) is 0. The highest BCUT2D eigenvalue weighted by molar-refractivity contribution is 4.81. The maximum Gasteiger partial charge on any atom is 0.0588 e. The summed E-state index contributed by atoms with van der Waals surface area (Å²) in [6.45, 7) is 9.22. The molecule has 3 heteroatoms. The van der Waals surface area contributed by atoms with E-state index in [9.17, 15) is 0 Å². The van der Waals surface area contributed by atoms with E-state index in [1.165, 1.54) is 6.42 Å². The second-order valence-corrected chi connectivity index (χ2v) is 4.76. The maximum absolute atomic E-state index is 6.04. The van der Waals surface area contributed by atoms with Crippen molar-refractivity contribution in [3.05, 3.63) is 0 Å². The van der Waals surface area contributed by atoms with Gasteiger partial charge in [0.1, 0.15) is 0 Å². The molecule has 84 valence electrons. The number of hydrogen-bond acceptors (Lipinski definition) is 3. The molecule has 1 heterocycles. The van der Waals surface area contributed by atoms with Crippen molar-refractivity contribution < 1.29 is 4.74 Å². The van der Waals surface area contributed by atoms with Crippen molar-refractivity contribution in [3.8, 4) is 0 Å². The molecule has 14 heavy (non-hydrogen) atoms. The molecule has 0 aromatic carbocycles. The average molecular weight is 200 g/mol. The van der Waals surface area contributed by atoms with Gasteiger partial charge in [-0.05, 0) is 32.6 Å². The van der Waals surface area contributed by atoms with E-state index in [0.717, 1.165) is 26.1 Å². The minimum atomic E-state index is -0.0668. The second-order valence-electron chi connectivity index (χ2n) is 4.76. The molecule has 1 rings (SSSR count). The summed E-state index contributed by atoms with van der Waals surface area (Å²) < 4.78 is 5.50. The van der Waals surface area contributed by atoms with E-state index in [1.54, 1.807) is 0 Å². The molecule has 1 aliphatic rings. The highest BCUT2D eigenvalue weighted by Crippen LogP contribution is 2.19. The van der Waals surface area contributed by atoms with Gasteiger partial charge in [0.2, 0.25) is 0 Å². The monoisotopic (exact) mass is 200 g/mol. The normalized spacial score (nSPS) is 31.7. The number of rotatable bonds is 5. The first-order valence-corrected chi connectivity index (χ1v) is 5.66. The molecule has 3 N–H and O–H groups in total. The minimum Gasteiger partial charge on any atom is -0.378 e. The summed E-state index contributed by atoms with van der Waals surface area (Å²) >= 11 is 0. The molecule has 1 fully saturated rings. The highest BCUT2D eigenvalue weighted by atomic mass is 16.5. The molecule has 0 aliphatic carbocycles. The molecule has 3 atom stereocenters. The van der Waals surface area contributed by atoms with Crippen LogP contribution in [-0.4, -0.2) is 31.3 Å². The van der Waals surface area contributed by atoms with Crippen LogP contribution in [0.15, 0.2) is 0 Å². The molecule has 0 saturated carbocycles. The number of hydrogen-bond donors (Lipinski definition) is 2. The Labute approximate surface area is 87.4 Å². The van der Waals surface area contributed by atoms with E-state index >= 15 is 0 Å². The third-order valence-electron chi connectivity index (χ3n) is 3.28. The Bertz CT molecular complexity index is 171. The van der Waals surface area contributed by atoms with Crippen molar-refractivity contribution in [2.24, 2.45) is 11.7 Å². The Hall–Kier alpha value is -0.120. The van der Waals surface area contributed by atoms with Crippen molar-refractivity contribution in [3.63, 3.8) is 0 Å². The fourth-order valence-electron chi connectivity index (χ4n) is 1.71. The second kappa shape index (κ2) is 5.10. The minimum absolute atomic E-state index is 0.0668. The van der Waals surface area contributed by atoms with Crippen LogP contribution < -0.4 is 11.1 Å². The fraction of sp³-hybridized carbons (Fsp3) is 1.00. The van der Waals surface area contributed by atoms with Gasteiger partial charge in [-0.2, -0.15) is 0 Å². The fourth-order valence-corrected chi connectivity index (χ4v) is 1.71. The molecular formula is C11H24N2O. The maximum atomic E-state index is 6.04. The predicted molar refractivity (Wildman–Crippen MR) is 59.3 cm³/mol. The molecular weight excluding hydrogens is 176 g/mol. The summed E-state index contributed by atoms with van der Waals surface area (Å²) in [5, 5.41) is 3.44. The lowest BCUT2D eigenvalue weighted by atomic mass is 9.99. The van der Waals surface area contributed by atoms with Crippen LogP contribution >= 0.6 is 0 Å². The molecule has 0 aromatic heterocycles. The third kappa shape index (κ3) is 3.56. The lowest BCUT2D eigenvalue weighted by molar-refractivity contribution is 0.105. The van der Waals surface area contributed by atoms with E-state index in [4.69, 9.17) is 10.5 Å². The van der Waals surface area contributed by atoms with E-state index in [0.29, 0.717) is 12.0 Å². The van der Waals surface area contributed by atoms with Gasteiger partial charge in [-0.25, -0.2) is 0 Å². The first-order valence-electron chi connectivity index (χ1n) is 5.66. The summed E-state index contributed by atoms with van der Waals surface area (Å²) in [6.07, 6.45) is 2.60. The Kier molecular flexibility index (Phi) is 4.35. The summed E-state index contributed by atoms with van der Waals surface area (Å²) in [6, 6.07) is 0. The molecule has 3 nitrogen and oxygen atoms in total. The van der Waals surface area contributed by atoms with Gasteiger partial charge in [0.05, 0.1) is 6.10 Å². The lowest BCUT2D eigenvalue weighted by Gasteiger charge is -2.24. The number of ether oxygens (including phenoxy) is 1. The van der Waals surface area contributed by atoms with Crippen LogP contribution in [0.3, 0.4) is 0 Å². The molecule has 0 bridgehead atoms. The Morgan fingerprint density at radius 3 is 2.79 bits per heavy atom. The van der Waals surface area contributed by atoms with Crippen molar-refractivity contribution >= 4 is 0 Å². The quantitative estimate of drug-likeness (QED) is 0.699. The van der Waals surface area contributed by atoms with Gasteiger partial charge in [0.25, 0.3) is 0 Å². The van der Waals surface area contributed by atoms with E-state index in [-0.39, 0.29) is 5.54 Å². The first-order chi connectivity index (χ1) is 6.55. The molecule has 0 aromatic rings. The van der Waals surface area contributed by atoms with Gasteiger partial charge in [-0.1, -0.05) is 6.92 Å². The molecule has 0 amide bonds. The highest BCUT2D eigenvalue weighted by Gasteiger charge is 2.24. The van der Waals surface area contributed by atoms with Crippen LogP contribution in [0.2, 0.25) is 0 Å². The number of nitrogens with two attached hydrogens (primary N) is 1. The SMILES string of the molecule is CCC(C)(N)CNCC1CCOC1C. The van der Waals surface area contributed by atoms with E-state index in [1.807, 2.05) is 0 Å². The van der Waals surface area contributed by atoms with Crippen molar-refractivity contribution in [2.45, 2.75) is 45.3 Å².